The lowest BCUT2D eigenvalue weighted by Gasteiger charge is -1.99. The Bertz CT molecular complexity index is 98.3. The molecule has 0 bridgehead atoms. The smallest absolute Gasteiger partial charge is 0.194 e. The summed E-state index contributed by atoms with van der Waals surface area (Å²) in [6, 6.07) is 0. The van der Waals surface area contributed by atoms with Crippen LogP contribution in [-0.4, -0.2) is 3.79 Å². The van der Waals surface area contributed by atoms with Crippen LogP contribution in [-0.2, 0) is 0 Å². The molecule has 0 unspecified atom stereocenters. The molecule has 48 valence electrons. The zero-order valence-corrected chi connectivity index (χ0v) is 6.49. The standard InChI is InChI=1S/C3HCl4F/c4-2(8)1-3(5,6)7/h1H/b2-1+. The van der Waals surface area contributed by atoms with Crippen LogP contribution in [0.15, 0.2) is 11.4 Å². The van der Waals surface area contributed by atoms with Crippen LogP contribution >= 0.6 is 46.4 Å². The molecule has 0 saturated carbocycles. The maximum atomic E-state index is 11.6. The number of allylic oxidation sites excluding steroid dienone is 1. The zero-order valence-electron chi connectivity index (χ0n) is 3.47. The van der Waals surface area contributed by atoms with Gasteiger partial charge in [0, 0.05) is 6.08 Å². The summed E-state index contributed by atoms with van der Waals surface area (Å²) in [7, 11) is 0. The monoisotopic (exact) mass is 196 g/mol. The minimum Gasteiger partial charge on any atom is -0.194 e. The SMILES string of the molecule is F/C(Cl)=C/C(Cl)(Cl)Cl. The van der Waals surface area contributed by atoms with Crippen molar-refractivity contribution in [1.29, 1.82) is 0 Å². The molecule has 0 aliphatic heterocycles. The first kappa shape index (κ1) is 8.83. The van der Waals surface area contributed by atoms with E-state index in [-0.39, 0.29) is 0 Å². The van der Waals surface area contributed by atoms with Crippen LogP contribution < -0.4 is 0 Å². The molecule has 0 N–H and O–H groups in total. The first-order chi connectivity index (χ1) is 3.42. The lowest BCUT2D eigenvalue weighted by Crippen LogP contribution is -1.93. The Hall–Kier alpha value is 0.830. The van der Waals surface area contributed by atoms with E-state index in [1.54, 1.807) is 0 Å². The van der Waals surface area contributed by atoms with Gasteiger partial charge in [-0.2, -0.15) is 4.39 Å². The van der Waals surface area contributed by atoms with Crippen molar-refractivity contribution in [2.24, 2.45) is 0 Å². The Morgan fingerprint density at radius 2 is 1.75 bits per heavy atom. The van der Waals surface area contributed by atoms with Gasteiger partial charge in [0.1, 0.15) is 0 Å². The van der Waals surface area contributed by atoms with E-state index >= 15 is 0 Å². The number of hydrogen-bond acceptors (Lipinski definition) is 0. The Kier molecular flexibility index (Phi) is 3.44. The van der Waals surface area contributed by atoms with Crippen molar-refractivity contribution < 1.29 is 4.39 Å². The number of alkyl halides is 3. The lowest BCUT2D eigenvalue weighted by molar-refractivity contribution is 0.691. The van der Waals surface area contributed by atoms with Crippen LogP contribution in [0.25, 0.3) is 0 Å². The van der Waals surface area contributed by atoms with Gasteiger partial charge in [0.25, 0.3) is 0 Å². The molecule has 0 rings (SSSR count). The van der Waals surface area contributed by atoms with E-state index in [0.717, 1.165) is 0 Å². The third-order valence-corrected chi connectivity index (χ3v) is 0.709. The highest BCUT2D eigenvalue weighted by Gasteiger charge is 2.16. The van der Waals surface area contributed by atoms with Crippen molar-refractivity contribution in [2.45, 2.75) is 3.79 Å². The molecule has 5 heteroatoms. The summed E-state index contributed by atoms with van der Waals surface area (Å²) in [4.78, 5) is 0. The zero-order chi connectivity index (χ0) is 6.78. The fraction of sp³-hybridized carbons (Fsp3) is 0.333. The first-order valence-corrected chi connectivity index (χ1v) is 3.03. The van der Waals surface area contributed by atoms with E-state index < -0.39 is 9.08 Å². The molecule has 0 aromatic heterocycles. The second-order valence-corrected chi connectivity index (χ2v) is 3.71. The molecule has 0 spiro atoms. The van der Waals surface area contributed by atoms with Gasteiger partial charge in [-0.05, 0) is 0 Å². The average molecular weight is 198 g/mol. The Morgan fingerprint density at radius 1 is 1.38 bits per heavy atom. The Labute approximate surface area is 66.2 Å². The maximum absolute atomic E-state index is 11.6. The van der Waals surface area contributed by atoms with E-state index in [4.69, 9.17) is 46.4 Å². The van der Waals surface area contributed by atoms with Gasteiger partial charge in [-0.25, -0.2) is 0 Å². The molecule has 0 aliphatic carbocycles. The molecule has 0 aromatic carbocycles. The largest absolute Gasteiger partial charge is 0.213 e. The van der Waals surface area contributed by atoms with Gasteiger partial charge >= 0.3 is 0 Å². The third kappa shape index (κ3) is 6.83. The fourth-order valence-corrected chi connectivity index (χ4v) is 0.742. The first-order valence-electron chi connectivity index (χ1n) is 1.52. The second kappa shape index (κ2) is 3.11. The molecule has 8 heavy (non-hydrogen) atoms. The molecule has 0 fully saturated rings. The molecule has 0 heterocycles. The molecule has 0 saturated heterocycles. The van der Waals surface area contributed by atoms with Crippen LogP contribution in [0.2, 0.25) is 0 Å². The quantitative estimate of drug-likeness (QED) is 0.523. The summed E-state index contributed by atoms with van der Waals surface area (Å²) >= 11 is 19.9. The lowest BCUT2D eigenvalue weighted by atomic mass is 10.7. The summed E-state index contributed by atoms with van der Waals surface area (Å²) in [5.74, 6) is 0. The van der Waals surface area contributed by atoms with Crippen LogP contribution in [0, 0.1) is 0 Å². The van der Waals surface area contributed by atoms with Crippen molar-refractivity contribution in [3.63, 3.8) is 0 Å². The predicted octanol–water partition coefficient (Wildman–Crippen LogP) is 3.41. The third-order valence-electron chi connectivity index (χ3n) is 0.273. The van der Waals surface area contributed by atoms with Crippen molar-refractivity contribution in [3.8, 4) is 0 Å². The van der Waals surface area contributed by atoms with Gasteiger partial charge in [-0.3, -0.25) is 0 Å². The van der Waals surface area contributed by atoms with Crippen molar-refractivity contribution in [3.05, 3.63) is 11.4 Å². The molecular formula is C3HCl4F. The van der Waals surface area contributed by atoms with E-state index in [9.17, 15) is 4.39 Å². The highest BCUT2D eigenvalue weighted by Crippen LogP contribution is 2.29. The van der Waals surface area contributed by atoms with Gasteiger partial charge in [0.2, 0.25) is 3.79 Å². The van der Waals surface area contributed by atoms with Crippen LogP contribution in [0.5, 0.6) is 0 Å². The predicted molar refractivity (Wildman–Crippen MR) is 35.3 cm³/mol. The van der Waals surface area contributed by atoms with Crippen LogP contribution in [0.4, 0.5) is 4.39 Å². The van der Waals surface area contributed by atoms with Crippen molar-refractivity contribution >= 4 is 46.4 Å². The summed E-state index contributed by atoms with van der Waals surface area (Å²) in [6.07, 6.45) is 0.666. The van der Waals surface area contributed by atoms with E-state index in [1.165, 1.54) is 0 Å². The minimum atomic E-state index is -1.73. The fourth-order valence-electron chi connectivity index (χ4n) is 0.124. The summed E-state index contributed by atoms with van der Waals surface area (Å²) < 4.78 is 9.84. The maximum Gasteiger partial charge on any atom is 0.213 e. The normalized spacial score (nSPS) is 14.4. The number of halogens is 5. The van der Waals surface area contributed by atoms with Gasteiger partial charge in [-0.1, -0.05) is 46.4 Å². The minimum absolute atomic E-state index is 0.666. The number of hydrogen-bond donors (Lipinski definition) is 0. The number of rotatable bonds is 0. The van der Waals surface area contributed by atoms with Crippen LogP contribution in [0.3, 0.4) is 0 Å². The van der Waals surface area contributed by atoms with Crippen LogP contribution in [0.1, 0.15) is 0 Å². The van der Waals surface area contributed by atoms with Crippen molar-refractivity contribution in [1.82, 2.24) is 0 Å². The molecule has 0 aromatic rings. The Balaban J connectivity index is 3.89. The molecule has 0 nitrogen and oxygen atoms in total. The molecule has 0 aliphatic rings. The van der Waals surface area contributed by atoms with Crippen molar-refractivity contribution in [2.75, 3.05) is 0 Å². The average Bonchev–Trinajstić information content (AvgIpc) is 1.21. The summed E-state index contributed by atoms with van der Waals surface area (Å²) in [6.45, 7) is 0. The molecule has 0 radical (unpaired) electrons. The molecule has 0 atom stereocenters. The summed E-state index contributed by atoms with van der Waals surface area (Å²) in [5.41, 5.74) is 0. The van der Waals surface area contributed by atoms with E-state index in [0.29, 0.717) is 6.08 Å². The van der Waals surface area contributed by atoms with E-state index in [1.807, 2.05) is 0 Å². The van der Waals surface area contributed by atoms with Gasteiger partial charge in [0.15, 0.2) is 5.29 Å². The van der Waals surface area contributed by atoms with Gasteiger partial charge < -0.3 is 0 Å². The van der Waals surface area contributed by atoms with E-state index in [2.05, 4.69) is 0 Å². The molecular weight excluding hydrogens is 197 g/mol. The van der Waals surface area contributed by atoms with Gasteiger partial charge in [-0.15, -0.1) is 0 Å². The Morgan fingerprint density at radius 3 is 1.75 bits per heavy atom. The summed E-state index contributed by atoms with van der Waals surface area (Å²) in [5, 5.41) is -1.02. The topological polar surface area (TPSA) is 0 Å². The van der Waals surface area contributed by atoms with Gasteiger partial charge in [0.05, 0.1) is 0 Å². The second-order valence-electron chi connectivity index (χ2n) is 0.976. The highest BCUT2D eigenvalue weighted by atomic mass is 35.6. The molecule has 0 amide bonds. The highest BCUT2D eigenvalue weighted by molar-refractivity contribution is 6.69.